The highest BCUT2D eigenvalue weighted by atomic mass is 16.8. The van der Waals surface area contributed by atoms with Crippen LogP contribution in [0.5, 0.6) is 0 Å². The molecule has 0 aromatic heterocycles. The van der Waals surface area contributed by atoms with E-state index in [1.54, 1.807) is 27.7 Å². The van der Waals surface area contributed by atoms with Gasteiger partial charge in [0.05, 0.1) is 13.2 Å². The van der Waals surface area contributed by atoms with Crippen LogP contribution in [0, 0.1) is 0 Å². The van der Waals surface area contributed by atoms with E-state index in [4.69, 9.17) is 18.9 Å². The van der Waals surface area contributed by atoms with Gasteiger partial charge in [-0.05, 0) is 27.7 Å². The van der Waals surface area contributed by atoms with E-state index < -0.39 is 36.0 Å². The fourth-order valence-corrected chi connectivity index (χ4v) is 2.21. The van der Waals surface area contributed by atoms with E-state index in [9.17, 15) is 10.2 Å². The number of aliphatic hydroxyl groups is 2. The fourth-order valence-electron chi connectivity index (χ4n) is 2.21. The number of rotatable bonds is 3. The van der Waals surface area contributed by atoms with Gasteiger partial charge in [0.15, 0.2) is 11.6 Å². The quantitative estimate of drug-likeness (QED) is 0.746. The summed E-state index contributed by atoms with van der Waals surface area (Å²) in [7, 11) is 0. The van der Waals surface area contributed by atoms with Crippen LogP contribution in [-0.4, -0.2) is 59.4 Å². The zero-order valence-electron chi connectivity index (χ0n) is 11.3. The third kappa shape index (κ3) is 3.01. The first-order chi connectivity index (χ1) is 8.20. The Bertz CT molecular complexity index is 273. The molecule has 0 amide bonds. The highest BCUT2D eigenvalue weighted by molar-refractivity contribution is 4.88. The van der Waals surface area contributed by atoms with Gasteiger partial charge in [-0.15, -0.1) is 0 Å². The van der Waals surface area contributed by atoms with Crippen molar-refractivity contribution in [1.82, 2.24) is 0 Å². The predicted molar refractivity (Wildman–Crippen MR) is 61.8 cm³/mol. The van der Waals surface area contributed by atoms with Gasteiger partial charge in [-0.25, -0.2) is 0 Å². The molecule has 0 spiro atoms. The molecule has 2 unspecified atom stereocenters. The summed E-state index contributed by atoms with van der Waals surface area (Å²) in [5.41, 5.74) is 0. The fraction of sp³-hybridized carbons (Fsp3) is 1.00. The lowest BCUT2D eigenvalue weighted by atomic mass is 10.0. The lowest BCUT2D eigenvalue weighted by Gasteiger charge is -2.27. The smallest absolute Gasteiger partial charge is 0.163 e. The van der Waals surface area contributed by atoms with E-state index in [1.165, 1.54) is 0 Å². The lowest BCUT2D eigenvalue weighted by Crippen LogP contribution is -2.47. The van der Waals surface area contributed by atoms with Crippen LogP contribution in [0.3, 0.4) is 0 Å². The summed E-state index contributed by atoms with van der Waals surface area (Å²) >= 11 is 0. The SMILES string of the molecule is CC1(C)OC[C@@H](C(O)C(O)[C@@H]2COC(C)(C)O2)O1. The molecule has 0 aromatic carbocycles. The molecule has 2 fully saturated rings. The van der Waals surface area contributed by atoms with Crippen molar-refractivity contribution in [3.8, 4) is 0 Å². The van der Waals surface area contributed by atoms with E-state index in [-0.39, 0.29) is 13.2 Å². The predicted octanol–water partition coefficient (Wildman–Crippen LogP) is 0.0112. The Labute approximate surface area is 107 Å². The van der Waals surface area contributed by atoms with Gasteiger partial charge in [-0.2, -0.15) is 0 Å². The van der Waals surface area contributed by atoms with Crippen LogP contribution in [0.1, 0.15) is 27.7 Å². The molecular weight excluding hydrogens is 240 g/mol. The highest BCUT2D eigenvalue weighted by Gasteiger charge is 2.45. The minimum Gasteiger partial charge on any atom is -0.387 e. The summed E-state index contributed by atoms with van der Waals surface area (Å²) in [5, 5.41) is 20.2. The van der Waals surface area contributed by atoms with Crippen molar-refractivity contribution in [1.29, 1.82) is 0 Å². The first-order valence-corrected chi connectivity index (χ1v) is 6.20. The van der Waals surface area contributed by atoms with Gasteiger partial charge in [0.25, 0.3) is 0 Å². The summed E-state index contributed by atoms with van der Waals surface area (Å²) in [6.07, 6.45) is -3.23. The Kier molecular flexibility index (Phi) is 3.70. The van der Waals surface area contributed by atoms with Crippen LogP contribution < -0.4 is 0 Å². The van der Waals surface area contributed by atoms with Crippen molar-refractivity contribution in [2.45, 2.75) is 63.7 Å². The van der Waals surface area contributed by atoms with Gasteiger partial charge in [-0.3, -0.25) is 0 Å². The van der Waals surface area contributed by atoms with Gasteiger partial charge in [0.1, 0.15) is 24.4 Å². The van der Waals surface area contributed by atoms with Crippen molar-refractivity contribution in [2.24, 2.45) is 0 Å². The normalized spacial score (nSPS) is 37.7. The second-order valence-electron chi connectivity index (χ2n) is 5.72. The maximum Gasteiger partial charge on any atom is 0.163 e. The van der Waals surface area contributed by atoms with Crippen molar-refractivity contribution in [2.75, 3.05) is 13.2 Å². The maximum absolute atomic E-state index is 10.1. The van der Waals surface area contributed by atoms with E-state index in [1.807, 2.05) is 0 Å². The third-order valence-corrected chi connectivity index (χ3v) is 3.17. The molecule has 6 heteroatoms. The Morgan fingerprint density at radius 1 is 0.833 bits per heavy atom. The van der Waals surface area contributed by atoms with Crippen molar-refractivity contribution >= 4 is 0 Å². The van der Waals surface area contributed by atoms with Crippen LogP contribution in [0.25, 0.3) is 0 Å². The molecule has 0 radical (unpaired) electrons. The molecular formula is C12H22O6. The Hall–Kier alpha value is -0.240. The molecule has 2 N–H and O–H groups in total. The average Bonchev–Trinajstić information content (AvgIpc) is 2.79. The Morgan fingerprint density at radius 3 is 1.39 bits per heavy atom. The van der Waals surface area contributed by atoms with Gasteiger partial charge in [0.2, 0.25) is 0 Å². The molecule has 106 valence electrons. The van der Waals surface area contributed by atoms with Crippen LogP contribution in [0.4, 0.5) is 0 Å². The first kappa shape index (κ1) is 14.2. The van der Waals surface area contributed by atoms with Crippen LogP contribution in [-0.2, 0) is 18.9 Å². The second-order valence-corrected chi connectivity index (χ2v) is 5.72. The molecule has 2 aliphatic rings. The first-order valence-electron chi connectivity index (χ1n) is 6.20. The number of ether oxygens (including phenoxy) is 4. The topological polar surface area (TPSA) is 77.4 Å². The minimum absolute atomic E-state index is 0.252. The number of hydrogen-bond acceptors (Lipinski definition) is 6. The molecule has 4 atom stereocenters. The van der Waals surface area contributed by atoms with E-state index in [2.05, 4.69) is 0 Å². The molecule has 6 nitrogen and oxygen atoms in total. The van der Waals surface area contributed by atoms with Crippen LogP contribution in [0.2, 0.25) is 0 Å². The lowest BCUT2D eigenvalue weighted by molar-refractivity contribution is -0.183. The zero-order chi connectivity index (χ0) is 13.6. The van der Waals surface area contributed by atoms with E-state index in [0.717, 1.165) is 0 Å². The molecule has 0 aliphatic carbocycles. The second kappa shape index (κ2) is 4.70. The summed E-state index contributed by atoms with van der Waals surface area (Å²) in [5.74, 6) is -1.45. The molecule has 2 saturated heterocycles. The number of aliphatic hydroxyl groups excluding tert-OH is 2. The zero-order valence-corrected chi connectivity index (χ0v) is 11.3. The molecule has 18 heavy (non-hydrogen) atoms. The summed E-state index contributed by atoms with van der Waals surface area (Å²) in [6.45, 7) is 7.58. The molecule has 0 bridgehead atoms. The highest BCUT2D eigenvalue weighted by Crippen LogP contribution is 2.29. The van der Waals surface area contributed by atoms with Gasteiger partial charge in [0, 0.05) is 0 Å². The average molecular weight is 262 g/mol. The monoisotopic (exact) mass is 262 g/mol. The Morgan fingerprint density at radius 2 is 1.17 bits per heavy atom. The molecule has 0 aromatic rings. The minimum atomic E-state index is -1.06. The maximum atomic E-state index is 10.1. The van der Waals surface area contributed by atoms with E-state index >= 15 is 0 Å². The summed E-state index contributed by atoms with van der Waals surface area (Å²) in [4.78, 5) is 0. The van der Waals surface area contributed by atoms with Gasteiger partial charge >= 0.3 is 0 Å². The molecule has 2 rings (SSSR count). The molecule has 0 saturated carbocycles. The third-order valence-electron chi connectivity index (χ3n) is 3.17. The largest absolute Gasteiger partial charge is 0.387 e. The van der Waals surface area contributed by atoms with Crippen molar-refractivity contribution < 1.29 is 29.2 Å². The summed E-state index contributed by atoms with van der Waals surface area (Å²) < 4.78 is 21.8. The standard InChI is InChI=1S/C12H22O6/c1-11(2)15-5-7(17-11)9(13)10(14)8-6-16-12(3,4)18-8/h7-10,13-14H,5-6H2,1-4H3/t7-,8-,9?,10?/m0/s1. The number of hydrogen-bond donors (Lipinski definition) is 2. The van der Waals surface area contributed by atoms with Gasteiger partial charge < -0.3 is 29.2 Å². The van der Waals surface area contributed by atoms with Crippen molar-refractivity contribution in [3.05, 3.63) is 0 Å². The van der Waals surface area contributed by atoms with Crippen molar-refractivity contribution in [3.63, 3.8) is 0 Å². The summed E-state index contributed by atoms with van der Waals surface area (Å²) in [6, 6.07) is 0. The van der Waals surface area contributed by atoms with Crippen LogP contribution in [0.15, 0.2) is 0 Å². The van der Waals surface area contributed by atoms with E-state index in [0.29, 0.717) is 0 Å². The molecule has 2 aliphatic heterocycles. The van der Waals surface area contributed by atoms with Crippen LogP contribution >= 0.6 is 0 Å². The molecule has 2 heterocycles. The Balaban J connectivity index is 1.92. The van der Waals surface area contributed by atoms with Gasteiger partial charge in [-0.1, -0.05) is 0 Å².